The number of nitrogens with zero attached hydrogens (tertiary/aromatic N) is 3. The predicted molar refractivity (Wildman–Crippen MR) is 73.9 cm³/mol. The third-order valence-electron chi connectivity index (χ3n) is 3.59. The first kappa shape index (κ1) is 15.3. The first-order valence-corrected chi connectivity index (χ1v) is 6.88. The van der Waals surface area contributed by atoms with Crippen LogP contribution in [-0.2, 0) is 6.54 Å². The van der Waals surface area contributed by atoms with Gasteiger partial charge in [-0.05, 0) is 18.8 Å². The van der Waals surface area contributed by atoms with E-state index in [1.54, 1.807) is 16.5 Å². The minimum Gasteiger partial charge on any atom is -0.476 e. The van der Waals surface area contributed by atoms with Gasteiger partial charge in [-0.1, -0.05) is 0 Å². The molecule has 1 fully saturated rings. The van der Waals surface area contributed by atoms with Gasteiger partial charge in [0.15, 0.2) is 5.69 Å². The van der Waals surface area contributed by atoms with Gasteiger partial charge in [0.05, 0.1) is 12.4 Å². The second-order valence-electron chi connectivity index (χ2n) is 5.41. The van der Waals surface area contributed by atoms with Crippen LogP contribution in [0, 0.1) is 5.92 Å². The molecule has 1 aliphatic carbocycles. The van der Waals surface area contributed by atoms with Gasteiger partial charge < -0.3 is 25.0 Å². The summed E-state index contributed by atoms with van der Waals surface area (Å²) in [6.45, 7) is 1.49. The Morgan fingerprint density at radius 3 is 2.81 bits per heavy atom. The fraction of sp³-hybridized carbons (Fsp3) is 0.615. The van der Waals surface area contributed by atoms with Crippen molar-refractivity contribution in [2.45, 2.75) is 25.5 Å². The van der Waals surface area contributed by atoms with Crippen molar-refractivity contribution in [3.63, 3.8) is 0 Å². The summed E-state index contributed by atoms with van der Waals surface area (Å²) in [4.78, 5) is 27.8. The van der Waals surface area contributed by atoms with Crippen LogP contribution in [0.5, 0.6) is 0 Å². The molecule has 0 aromatic carbocycles. The number of carboxylic acids is 1. The Labute approximate surface area is 122 Å². The molecule has 2 amide bonds. The number of hydrogen-bond donors (Lipinski definition) is 3. The van der Waals surface area contributed by atoms with Crippen molar-refractivity contribution in [3.8, 4) is 0 Å². The van der Waals surface area contributed by atoms with Crippen LogP contribution in [0.15, 0.2) is 12.5 Å². The lowest BCUT2D eigenvalue weighted by molar-refractivity contribution is 0.0325. The van der Waals surface area contributed by atoms with Crippen molar-refractivity contribution in [2.24, 2.45) is 5.92 Å². The van der Waals surface area contributed by atoms with E-state index in [0.29, 0.717) is 25.6 Å². The Bertz CT molecular complexity index is 510. The van der Waals surface area contributed by atoms with Crippen LogP contribution in [0.2, 0.25) is 0 Å². The molecule has 0 saturated heterocycles. The average molecular weight is 296 g/mol. The maximum absolute atomic E-state index is 11.8. The van der Waals surface area contributed by atoms with Gasteiger partial charge in [0.25, 0.3) is 0 Å². The quantitative estimate of drug-likeness (QED) is 0.684. The number of aliphatic hydroxyl groups excluding tert-OH is 1. The van der Waals surface area contributed by atoms with Crippen molar-refractivity contribution in [1.82, 2.24) is 19.8 Å². The van der Waals surface area contributed by atoms with Gasteiger partial charge in [0.2, 0.25) is 0 Å². The standard InChI is InChI=1S/C13H20N4O4/c1-16(6-9-4-10(18)5-9)13(21)14-2-3-17-7-11(12(19)20)15-8-17/h7-10,18H,2-6H2,1H3,(H,14,21)(H,19,20). The van der Waals surface area contributed by atoms with E-state index in [1.807, 2.05) is 0 Å². The number of aliphatic hydroxyl groups is 1. The van der Waals surface area contributed by atoms with Crippen molar-refractivity contribution in [3.05, 3.63) is 18.2 Å². The molecule has 116 valence electrons. The molecule has 8 nitrogen and oxygen atoms in total. The molecule has 0 radical (unpaired) electrons. The number of imidazole rings is 1. The van der Waals surface area contributed by atoms with Crippen LogP contribution >= 0.6 is 0 Å². The van der Waals surface area contributed by atoms with E-state index in [4.69, 9.17) is 5.11 Å². The zero-order valence-corrected chi connectivity index (χ0v) is 11.9. The van der Waals surface area contributed by atoms with Gasteiger partial charge in [-0.2, -0.15) is 0 Å². The zero-order chi connectivity index (χ0) is 15.4. The Morgan fingerprint density at radius 2 is 2.24 bits per heavy atom. The van der Waals surface area contributed by atoms with E-state index in [1.165, 1.54) is 12.5 Å². The number of urea groups is 1. The lowest BCUT2D eigenvalue weighted by atomic mass is 9.82. The first-order valence-electron chi connectivity index (χ1n) is 6.88. The van der Waals surface area contributed by atoms with E-state index >= 15 is 0 Å². The Kier molecular flexibility index (Phi) is 4.79. The lowest BCUT2D eigenvalue weighted by Gasteiger charge is -2.34. The molecule has 1 saturated carbocycles. The topological polar surface area (TPSA) is 108 Å². The third-order valence-corrected chi connectivity index (χ3v) is 3.59. The minimum atomic E-state index is -1.07. The number of nitrogens with one attached hydrogen (secondary N) is 1. The highest BCUT2D eigenvalue weighted by Crippen LogP contribution is 2.27. The normalized spacial score (nSPS) is 20.7. The van der Waals surface area contributed by atoms with Crippen LogP contribution in [0.25, 0.3) is 0 Å². The molecule has 0 spiro atoms. The second-order valence-corrected chi connectivity index (χ2v) is 5.41. The average Bonchev–Trinajstić information content (AvgIpc) is 2.85. The summed E-state index contributed by atoms with van der Waals surface area (Å²) in [5, 5.41) is 20.7. The molecule has 21 heavy (non-hydrogen) atoms. The molecular weight excluding hydrogens is 276 g/mol. The number of carbonyl (C=O) groups excluding carboxylic acids is 1. The van der Waals surface area contributed by atoms with E-state index in [-0.39, 0.29) is 17.8 Å². The fourth-order valence-corrected chi connectivity index (χ4v) is 2.34. The van der Waals surface area contributed by atoms with E-state index < -0.39 is 5.97 Å². The molecule has 3 N–H and O–H groups in total. The number of aromatic nitrogens is 2. The number of aromatic carboxylic acids is 1. The molecule has 0 bridgehead atoms. The van der Waals surface area contributed by atoms with Gasteiger partial charge >= 0.3 is 12.0 Å². The van der Waals surface area contributed by atoms with Crippen molar-refractivity contribution in [2.75, 3.05) is 20.1 Å². The summed E-state index contributed by atoms with van der Waals surface area (Å²) in [7, 11) is 1.72. The molecule has 0 unspecified atom stereocenters. The number of rotatable bonds is 6. The second kappa shape index (κ2) is 6.57. The Hall–Kier alpha value is -2.09. The number of carbonyl (C=O) groups is 2. The summed E-state index contributed by atoms with van der Waals surface area (Å²) >= 11 is 0. The Morgan fingerprint density at radius 1 is 1.52 bits per heavy atom. The molecule has 8 heteroatoms. The molecule has 1 aromatic rings. The number of carboxylic acid groups (broad SMARTS) is 1. The summed E-state index contributed by atoms with van der Waals surface area (Å²) < 4.78 is 1.62. The van der Waals surface area contributed by atoms with Crippen molar-refractivity contribution in [1.29, 1.82) is 0 Å². The van der Waals surface area contributed by atoms with Crippen LogP contribution < -0.4 is 5.32 Å². The summed E-state index contributed by atoms with van der Waals surface area (Å²) in [5.74, 6) is -0.692. The minimum absolute atomic E-state index is 0.0121. The van der Waals surface area contributed by atoms with Gasteiger partial charge in [0.1, 0.15) is 0 Å². The van der Waals surface area contributed by atoms with Gasteiger partial charge in [-0.15, -0.1) is 0 Å². The maximum atomic E-state index is 11.8. The van der Waals surface area contributed by atoms with Gasteiger partial charge in [-0.25, -0.2) is 14.6 Å². The molecule has 2 rings (SSSR count). The van der Waals surface area contributed by atoms with Crippen LogP contribution in [0.3, 0.4) is 0 Å². The van der Waals surface area contributed by atoms with Crippen LogP contribution in [0.1, 0.15) is 23.3 Å². The molecular formula is C13H20N4O4. The lowest BCUT2D eigenvalue weighted by Crippen LogP contribution is -2.44. The maximum Gasteiger partial charge on any atom is 0.356 e. The molecule has 0 aliphatic heterocycles. The SMILES string of the molecule is CN(CC1CC(O)C1)C(=O)NCCn1cnc(C(=O)O)c1. The molecule has 1 aromatic heterocycles. The molecule has 1 aliphatic rings. The van der Waals surface area contributed by atoms with E-state index in [2.05, 4.69) is 10.3 Å². The van der Waals surface area contributed by atoms with E-state index in [0.717, 1.165) is 12.8 Å². The smallest absolute Gasteiger partial charge is 0.356 e. The van der Waals surface area contributed by atoms with Crippen LogP contribution in [-0.4, -0.2) is 62.9 Å². The molecule has 1 heterocycles. The third kappa shape index (κ3) is 4.19. The fourth-order valence-electron chi connectivity index (χ4n) is 2.34. The van der Waals surface area contributed by atoms with Crippen molar-refractivity contribution >= 4 is 12.0 Å². The number of hydrogen-bond acceptors (Lipinski definition) is 4. The van der Waals surface area contributed by atoms with Gasteiger partial charge in [-0.3, -0.25) is 0 Å². The van der Waals surface area contributed by atoms with E-state index in [9.17, 15) is 14.7 Å². The molecule has 0 atom stereocenters. The monoisotopic (exact) mass is 296 g/mol. The number of amides is 2. The van der Waals surface area contributed by atoms with Gasteiger partial charge in [0, 0.05) is 32.9 Å². The summed E-state index contributed by atoms with van der Waals surface area (Å²) in [5.41, 5.74) is -0.0121. The highest BCUT2D eigenvalue weighted by atomic mass is 16.4. The highest BCUT2D eigenvalue weighted by molar-refractivity contribution is 5.84. The zero-order valence-electron chi connectivity index (χ0n) is 11.9. The predicted octanol–water partition coefficient (Wildman–Crippen LogP) is -0.00640. The van der Waals surface area contributed by atoms with Crippen LogP contribution in [0.4, 0.5) is 4.79 Å². The Balaban J connectivity index is 1.67. The highest BCUT2D eigenvalue weighted by Gasteiger charge is 2.28. The largest absolute Gasteiger partial charge is 0.476 e. The summed E-state index contributed by atoms with van der Waals surface area (Å²) in [6.07, 6.45) is 4.15. The first-order chi connectivity index (χ1) is 9.95. The summed E-state index contributed by atoms with van der Waals surface area (Å²) in [6, 6.07) is -0.171. The van der Waals surface area contributed by atoms with Crippen molar-refractivity contribution < 1.29 is 19.8 Å².